The molecule has 0 aromatic rings. The van der Waals surface area contributed by atoms with Gasteiger partial charge in [-0.25, -0.2) is 0 Å². The van der Waals surface area contributed by atoms with Crippen molar-refractivity contribution in [1.82, 2.24) is 0 Å². The molecular weight excluding hydrogens is 263 g/mol. The second kappa shape index (κ2) is 3.57. The van der Waals surface area contributed by atoms with Crippen LogP contribution >= 0.6 is 34.6 Å². The molecule has 0 N–H and O–H groups in total. The fourth-order valence-electron chi connectivity index (χ4n) is 0.150. The minimum atomic E-state index is -1.71. The van der Waals surface area contributed by atoms with E-state index in [9.17, 15) is 0 Å². The maximum Gasteiger partial charge on any atom is 0.192 e. The van der Waals surface area contributed by atoms with Gasteiger partial charge in [-0.3, -0.25) is 0 Å². The fraction of sp³-hybridized carbons (Fsp3) is 1.00. The highest BCUT2D eigenvalue weighted by Crippen LogP contribution is 2.62. The van der Waals surface area contributed by atoms with E-state index in [0.29, 0.717) is 6.61 Å². The van der Waals surface area contributed by atoms with Crippen LogP contribution in [0.1, 0.15) is 6.92 Å². The maximum atomic E-state index is 4.99. The summed E-state index contributed by atoms with van der Waals surface area (Å²) in [7, 11) is 0. The van der Waals surface area contributed by atoms with Gasteiger partial charge in [-0.2, -0.15) is 0 Å². The van der Waals surface area contributed by atoms with Crippen molar-refractivity contribution >= 4 is 46.5 Å². The lowest BCUT2D eigenvalue weighted by atomic mass is 10.9. The average Bonchev–Trinajstić information content (AvgIpc) is 1.30. The first-order valence-electron chi connectivity index (χ1n) is 1.70. The average molecular weight is 268 g/mol. The van der Waals surface area contributed by atoms with Crippen LogP contribution in [-0.2, 0) is 16.3 Å². The van der Waals surface area contributed by atoms with Crippen molar-refractivity contribution in [1.29, 1.82) is 0 Å². The van der Waals surface area contributed by atoms with Crippen molar-refractivity contribution in [2.24, 2.45) is 0 Å². The Kier molecular flexibility index (Phi) is 4.37. The first-order chi connectivity index (χ1) is 3.06. The number of hydrogen-bond acceptors (Lipinski definition) is 2. The second-order valence-electron chi connectivity index (χ2n) is 0.832. The molecule has 0 unspecified atom stereocenters. The molecule has 0 aromatic carbocycles. The zero-order valence-corrected chi connectivity index (χ0v) is 8.61. The van der Waals surface area contributed by atoms with E-state index in [0.717, 1.165) is 0 Å². The van der Waals surface area contributed by atoms with Gasteiger partial charge in [0.25, 0.3) is 0 Å². The molecule has 0 saturated heterocycles. The van der Waals surface area contributed by atoms with Crippen LogP contribution in [0.25, 0.3) is 0 Å². The monoisotopic (exact) mass is 266 g/mol. The molecule has 0 spiro atoms. The minimum Gasteiger partial charge on any atom is -0.334 e. The van der Waals surface area contributed by atoms with E-state index in [1.165, 1.54) is 0 Å². The molecule has 0 bridgehead atoms. The highest BCUT2D eigenvalue weighted by atomic mass is 79.9. The van der Waals surface area contributed by atoms with Crippen molar-refractivity contribution in [3.8, 4) is 0 Å². The Labute approximate surface area is 64.4 Å². The Morgan fingerprint density at radius 2 is 2.14 bits per heavy atom. The Bertz CT molecular complexity index is 89.7. The van der Waals surface area contributed by atoms with Crippen molar-refractivity contribution in [3.05, 3.63) is 0 Å². The minimum absolute atomic E-state index is 0.660. The largest absolute Gasteiger partial charge is 0.334 e. The van der Waals surface area contributed by atoms with Crippen LogP contribution in [0.2, 0.25) is 0 Å². The molecule has 0 fully saturated rings. The fourth-order valence-corrected chi connectivity index (χ4v) is 2.00. The summed E-state index contributed by atoms with van der Waals surface area (Å²) < 4.78 is 3.28. The normalized spacial score (nSPS) is 11.9. The smallest absolute Gasteiger partial charge is 0.192 e. The zero-order chi connectivity index (χ0) is 5.91. The molecule has 1 nitrogen and oxygen atoms in total. The molecule has 0 rings (SSSR count). The Balaban J connectivity index is 3.36. The van der Waals surface area contributed by atoms with Gasteiger partial charge in [0, 0.05) is 0 Å². The lowest BCUT2D eigenvalue weighted by molar-refractivity contribution is 0.394. The van der Waals surface area contributed by atoms with Gasteiger partial charge >= 0.3 is 0 Å². The molecule has 0 saturated carbocycles. The summed E-state index contributed by atoms with van der Waals surface area (Å²) in [5, 5.41) is 0. The van der Waals surface area contributed by atoms with E-state index < -0.39 is 3.67 Å². The molecule has 0 aliphatic rings. The summed E-state index contributed by atoms with van der Waals surface area (Å²) in [4.78, 5) is 0. The van der Waals surface area contributed by atoms with Crippen LogP contribution < -0.4 is 0 Å². The van der Waals surface area contributed by atoms with Gasteiger partial charge in [-0.1, -0.05) is 0 Å². The first-order valence-corrected chi connectivity index (χ1v) is 8.46. The van der Waals surface area contributed by atoms with E-state index >= 15 is 0 Å². The van der Waals surface area contributed by atoms with Gasteiger partial charge in [0.05, 0.1) is 6.61 Å². The van der Waals surface area contributed by atoms with E-state index in [4.69, 9.17) is 16.3 Å². The van der Waals surface area contributed by atoms with Gasteiger partial charge < -0.3 is 4.52 Å². The topological polar surface area (TPSA) is 9.23 Å². The zero-order valence-electron chi connectivity index (χ0n) is 3.73. The molecule has 0 heterocycles. The van der Waals surface area contributed by atoms with Gasteiger partial charge in [0.1, 0.15) is 0 Å². The Morgan fingerprint density at radius 1 is 1.71 bits per heavy atom. The highest BCUT2D eigenvalue weighted by molar-refractivity contribution is 9.73. The van der Waals surface area contributed by atoms with Crippen molar-refractivity contribution in [3.63, 3.8) is 0 Å². The first kappa shape index (κ1) is 8.57. The third kappa shape index (κ3) is 7.57. The number of hydrogen-bond donors (Lipinski definition) is 0. The molecular formula is C2H5Br2OPS. The lowest BCUT2D eigenvalue weighted by Gasteiger charge is -2.02. The SMILES string of the molecule is CCOP(=S)(Br)Br. The van der Waals surface area contributed by atoms with Crippen LogP contribution in [0.5, 0.6) is 0 Å². The predicted molar refractivity (Wildman–Crippen MR) is 43.8 cm³/mol. The van der Waals surface area contributed by atoms with Crippen LogP contribution in [0.3, 0.4) is 0 Å². The summed E-state index contributed by atoms with van der Waals surface area (Å²) in [6.45, 7) is 2.57. The predicted octanol–water partition coefficient (Wildman–Crippen LogP) is 3.04. The van der Waals surface area contributed by atoms with Crippen molar-refractivity contribution in [2.75, 3.05) is 6.61 Å². The van der Waals surface area contributed by atoms with Crippen LogP contribution in [0, 0.1) is 0 Å². The summed E-state index contributed by atoms with van der Waals surface area (Å²) in [6, 6.07) is 0. The summed E-state index contributed by atoms with van der Waals surface area (Å²) in [5.41, 5.74) is 0. The van der Waals surface area contributed by atoms with E-state index in [-0.39, 0.29) is 0 Å². The van der Waals surface area contributed by atoms with Crippen molar-refractivity contribution in [2.45, 2.75) is 6.92 Å². The molecule has 0 atom stereocenters. The molecule has 44 valence electrons. The standard InChI is InChI=1S/C2H5Br2OPS/c1-2-5-6(3,4)7/h2H2,1H3. The van der Waals surface area contributed by atoms with Crippen LogP contribution in [0.4, 0.5) is 0 Å². The van der Waals surface area contributed by atoms with E-state index in [1.807, 2.05) is 6.92 Å². The van der Waals surface area contributed by atoms with Crippen molar-refractivity contribution < 1.29 is 4.52 Å². The van der Waals surface area contributed by atoms with Crippen LogP contribution in [0.15, 0.2) is 0 Å². The summed E-state index contributed by atoms with van der Waals surface area (Å²) in [6.07, 6.45) is 0. The number of rotatable bonds is 2. The van der Waals surface area contributed by atoms with Gasteiger partial charge in [-0.05, 0) is 49.7 Å². The Hall–Kier alpha value is 1.57. The molecule has 0 aromatic heterocycles. The van der Waals surface area contributed by atoms with Gasteiger partial charge in [0.2, 0.25) is 0 Å². The van der Waals surface area contributed by atoms with Gasteiger partial charge in [-0.15, -0.1) is 0 Å². The van der Waals surface area contributed by atoms with E-state index in [1.54, 1.807) is 0 Å². The molecule has 0 amide bonds. The van der Waals surface area contributed by atoms with E-state index in [2.05, 4.69) is 31.0 Å². The quantitative estimate of drug-likeness (QED) is 0.712. The maximum absolute atomic E-state index is 4.99. The molecule has 0 aliphatic heterocycles. The third-order valence-corrected chi connectivity index (χ3v) is 2.38. The highest BCUT2D eigenvalue weighted by Gasteiger charge is 2.02. The van der Waals surface area contributed by atoms with Crippen LogP contribution in [-0.4, -0.2) is 6.61 Å². The summed E-state index contributed by atoms with van der Waals surface area (Å²) >= 11 is 11.1. The molecule has 7 heavy (non-hydrogen) atoms. The molecule has 0 radical (unpaired) electrons. The number of halogens is 2. The molecule has 5 heteroatoms. The summed E-state index contributed by atoms with van der Waals surface area (Å²) in [5.74, 6) is 0. The third-order valence-electron chi connectivity index (χ3n) is 0.279. The second-order valence-corrected chi connectivity index (χ2v) is 15.1. The Morgan fingerprint density at radius 3 is 2.14 bits per heavy atom. The molecule has 0 aliphatic carbocycles. The van der Waals surface area contributed by atoms with Gasteiger partial charge in [0.15, 0.2) is 3.67 Å². The lowest BCUT2D eigenvalue weighted by Crippen LogP contribution is -1.73.